The number of amides is 1. The maximum Gasteiger partial charge on any atom is 0.234 e. The first-order chi connectivity index (χ1) is 13.9. The number of ketones is 1. The molecule has 154 valence electrons. The standard InChI is InChI=1S/C22H26FN3O2S/c1-14-21-18(11-19(27)22(21)15(2)29-14)24-20(28)13-26-9-7-25(8-10-26)12-16-5-3-4-6-17(16)23/h3-6,18H,7-13H2,1-2H3,(H,24,28). The summed E-state index contributed by atoms with van der Waals surface area (Å²) in [5.41, 5.74) is 2.54. The number of rotatable bonds is 5. The van der Waals surface area contributed by atoms with Crippen LogP contribution in [0.15, 0.2) is 24.3 Å². The highest BCUT2D eigenvalue weighted by Gasteiger charge is 2.35. The Kier molecular flexibility index (Phi) is 5.81. The Hall–Kier alpha value is -2.09. The number of carbonyl (C=O) groups excluding carboxylic acids is 2. The fourth-order valence-corrected chi connectivity index (χ4v) is 5.54. The molecular formula is C22H26FN3O2S. The van der Waals surface area contributed by atoms with Crippen molar-refractivity contribution >= 4 is 23.0 Å². The van der Waals surface area contributed by atoms with Crippen LogP contribution in [0.1, 0.15) is 43.7 Å². The summed E-state index contributed by atoms with van der Waals surface area (Å²) in [5, 5.41) is 3.07. The SMILES string of the molecule is Cc1sc(C)c2c1C(=O)CC2NC(=O)CN1CCN(Cc2ccccc2F)CC1. The van der Waals surface area contributed by atoms with Crippen molar-refractivity contribution in [3.63, 3.8) is 0 Å². The van der Waals surface area contributed by atoms with E-state index in [0.29, 0.717) is 25.1 Å². The van der Waals surface area contributed by atoms with E-state index in [1.54, 1.807) is 17.4 Å². The molecule has 1 unspecified atom stereocenters. The Morgan fingerprint density at radius 1 is 1.14 bits per heavy atom. The number of carbonyl (C=O) groups is 2. The minimum absolute atomic E-state index is 0.0403. The number of nitrogens with one attached hydrogen (secondary N) is 1. The molecule has 1 saturated heterocycles. The summed E-state index contributed by atoms with van der Waals surface area (Å²) in [7, 11) is 0. The molecule has 1 aliphatic carbocycles. The predicted molar refractivity (Wildman–Crippen MR) is 112 cm³/mol. The normalized spacial score (nSPS) is 20.1. The number of fused-ring (bicyclic) bond motifs is 1. The quantitative estimate of drug-likeness (QED) is 0.816. The predicted octanol–water partition coefficient (Wildman–Crippen LogP) is 3.07. The summed E-state index contributed by atoms with van der Waals surface area (Å²) >= 11 is 1.63. The van der Waals surface area contributed by atoms with Crippen molar-refractivity contribution in [2.45, 2.75) is 32.9 Å². The molecule has 0 radical (unpaired) electrons. The van der Waals surface area contributed by atoms with Crippen molar-refractivity contribution < 1.29 is 14.0 Å². The van der Waals surface area contributed by atoms with Crippen molar-refractivity contribution in [2.24, 2.45) is 0 Å². The van der Waals surface area contributed by atoms with Crippen LogP contribution in [0.5, 0.6) is 0 Å². The van der Waals surface area contributed by atoms with Crippen LogP contribution in [0.3, 0.4) is 0 Å². The number of piperazine rings is 1. The van der Waals surface area contributed by atoms with E-state index in [0.717, 1.165) is 47.1 Å². The van der Waals surface area contributed by atoms with E-state index in [4.69, 9.17) is 0 Å². The molecule has 1 aromatic carbocycles. The Labute approximate surface area is 174 Å². The topological polar surface area (TPSA) is 52.7 Å². The first-order valence-electron chi connectivity index (χ1n) is 10.0. The molecule has 5 nitrogen and oxygen atoms in total. The zero-order valence-electron chi connectivity index (χ0n) is 16.8. The summed E-state index contributed by atoms with van der Waals surface area (Å²) in [4.78, 5) is 31.4. The Morgan fingerprint density at radius 3 is 2.55 bits per heavy atom. The van der Waals surface area contributed by atoms with Gasteiger partial charge >= 0.3 is 0 Å². The molecule has 0 bridgehead atoms. The lowest BCUT2D eigenvalue weighted by Gasteiger charge is -2.34. The van der Waals surface area contributed by atoms with E-state index in [9.17, 15) is 14.0 Å². The summed E-state index contributed by atoms with van der Waals surface area (Å²) < 4.78 is 13.8. The molecule has 2 aliphatic rings. The van der Waals surface area contributed by atoms with Crippen molar-refractivity contribution in [1.29, 1.82) is 0 Å². The van der Waals surface area contributed by atoms with Crippen LogP contribution in [0, 0.1) is 19.7 Å². The highest BCUT2D eigenvalue weighted by atomic mass is 32.1. The molecule has 4 rings (SSSR count). The van der Waals surface area contributed by atoms with E-state index in [1.165, 1.54) is 6.07 Å². The van der Waals surface area contributed by atoms with Gasteiger partial charge in [-0.05, 0) is 25.5 Å². The van der Waals surface area contributed by atoms with Gasteiger partial charge in [0.05, 0.1) is 12.6 Å². The van der Waals surface area contributed by atoms with Crippen LogP contribution >= 0.6 is 11.3 Å². The summed E-state index contributed by atoms with van der Waals surface area (Å²) in [6.07, 6.45) is 0.363. The van der Waals surface area contributed by atoms with Gasteiger partial charge in [0.25, 0.3) is 0 Å². The maximum atomic E-state index is 13.8. The Morgan fingerprint density at radius 2 is 1.83 bits per heavy atom. The van der Waals surface area contributed by atoms with Gasteiger partial charge in [0.2, 0.25) is 5.91 Å². The molecule has 0 saturated carbocycles. The number of halogens is 1. The second-order valence-electron chi connectivity index (χ2n) is 7.89. The monoisotopic (exact) mass is 415 g/mol. The van der Waals surface area contributed by atoms with E-state index in [1.807, 2.05) is 26.0 Å². The average molecular weight is 416 g/mol. The fourth-order valence-electron chi connectivity index (χ4n) is 4.40. The number of aryl methyl sites for hydroxylation is 2. The van der Waals surface area contributed by atoms with E-state index in [2.05, 4.69) is 15.1 Å². The van der Waals surface area contributed by atoms with Crippen LogP contribution in [0.4, 0.5) is 4.39 Å². The van der Waals surface area contributed by atoms with Crippen molar-refractivity contribution in [3.8, 4) is 0 Å². The molecular weight excluding hydrogens is 389 g/mol. The van der Waals surface area contributed by atoms with E-state index >= 15 is 0 Å². The molecule has 1 aliphatic heterocycles. The van der Waals surface area contributed by atoms with Gasteiger partial charge in [-0.25, -0.2) is 4.39 Å². The van der Waals surface area contributed by atoms with Gasteiger partial charge < -0.3 is 5.32 Å². The molecule has 1 aromatic heterocycles. The molecule has 2 aromatic rings. The molecule has 29 heavy (non-hydrogen) atoms. The van der Waals surface area contributed by atoms with Crippen LogP contribution in [-0.4, -0.2) is 54.2 Å². The van der Waals surface area contributed by atoms with Crippen LogP contribution < -0.4 is 5.32 Å². The zero-order valence-corrected chi connectivity index (χ0v) is 17.7. The first kappa shape index (κ1) is 20.2. The lowest BCUT2D eigenvalue weighted by atomic mass is 10.1. The molecule has 1 fully saturated rings. The molecule has 1 amide bonds. The first-order valence-corrected chi connectivity index (χ1v) is 10.8. The van der Waals surface area contributed by atoms with E-state index < -0.39 is 0 Å². The Bertz CT molecular complexity index is 934. The second-order valence-corrected chi connectivity index (χ2v) is 9.32. The smallest absolute Gasteiger partial charge is 0.234 e. The number of nitrogens with zero attached hydrogens (tertiary/aromatic N) is 2. The number of thiophene rings is 1. The Balaban J connectivity index is 1.28. The molecule has 2 heterocycles. The van der Waals surface area contributed by atoms with Crippen LogP contribution in [0.25, 0.3) is 0 Å². The lowest BCUT2D eigenvalue weighted by molar-refractivity contribution is -0.123. The minimum atomic E-state index is -0.197. The highest BCUT2D eigenvalue weighted by molar-refractivity contribution is 7.12. The van der Waals surface area contributed by atoms with Crippen LogP contribution in [-0.2, 0) is 11.3 Å². The van der Waals surface area contributed by atoms with Crippen molar-refractivity contribution in [2.75, 3.05) is 32.7 Å². The third-order valence-corrected chi connectivity index (χ3v) is 6.88. The van der Waals surface area contributed by atoms with Gasteiger partial charge in [-0.1, -0.05) is 18.2 Å². The number of hydrogen-bond acceptors (Lipinski definition) is 5. The van der Waals surface area contributed by atoms with Gasteiger partial charge in [0, 0.05) is 60.0 Å². The average Bonchev–Trinajstić information content (AvgIpc) is 3.16. The van der Waals surface area contributed by atoms with E-state index in [-0.39, 0.29) is 23.5 Å². The maximum absolute atomic E-state index is 13.8. The zero-order chi connectivity index (χ0) is 20.5. The summed E-state index contributed by atoms with van der Waals surface area (Å²) in [6.45, 7) is 8.06. The second kappa shape index (κ2) is 8.34. The summed E-state index contributed by atoms with van der Waals surface area (Å²) in [5.74, 6) is -0.0749. The van der Waals surface area contributed by atoms with Crippen molar-refractivity contribution in [1.82, 2.24) is 15.1 Å². The lowest BCUT2D eigenvalue weighted by Crippen LogP contribution is -2.49. The van der Waals surface area contributed by atoms with Gasteiger partial charge in [0.15, 0.2) is 5.78 Å². The van der Waals surface area contributed by atoms with Gasteiger partial charge in [-0.2, -0.15) is 0 Å². The third kappa shape index (κ3) is 4.27. The number of benzene rings is 1. The van der Waals surface area contributed by atoms with Gasteiger partial charge in [-0.3, -0.25) is 19.4 Å². The fraction of sp³-hybridized carbons (Fsp3) is 0.455. The summed E-state index contributed by atoms with van der Waals surface area (Å²) in [6, 6.07) is 6.67. The van der Waals surface area contributed by atoms with Crippen molar-refractivity contribution in [3.05, 3.63) is 56.5 Å². The number of hydrogen-bond donors (Lipinski definition) is 1. The van der Waals surface area contributed by atoms with Gasteiger partial charge in [0.1, 0.15) is 5.82 Å². The highest BCUT2D eigenvalue weighted by Crippen LogP contribution is 2.40. The number of Topliss-reactive ketones (excluding diaryl/α,β-unsaturated/α-hetero) is 1. The molecule has 1 atom stereocenters. The molecule has 1 N–H and O–H groups in total. The largest absolute Gasteiger partial charge is 0.348 e. The van der Waals surface area contributed by atoms with Gasteiger partial charge in [-0.15, -0.1) is 11.3 Å². The minimum Gasteiger partial charge on any atom is -0.348 e. The molecule has 0 spiro atoms. The van der Waals surface area contributed by atoms with Crippen LogP contribution in [0.2, 0.25) is 0 Å². The molecule has 7 heteroatoms. The third-order valence-electron chi connectivity index (χ3n) is 5.84.